The molecule has 1 N–H and O–H groups in total. The third-order valence-electron chi connectivity index (χ3n) is 5.04. The smallest absolute Gasteiger partial charge is 0.156 e. The molecule has 0 fully saturated rings. The normalized spacial score (nSPS) is 16.5. The summed E-state index contributed by atoms with van der Waals surface area (Å²) in [6, 6.07) is 10.1. The number of aryl methyl sites for hydroxylation is 2. The standard InChI is InChI=1S/C21H23FN4O/c1-14-11-15(2)26-21(23-14)12-19(24-26)16-7-9-25(10-8-16)13-20(27)17-3-5-18(22)6-4-17/h3-7,11-12,20,27H,8-10,13H2,1-2H3. The van der Waals surface area contributed by atoms with E-state index in [-0.39, 0.29) is 5.82 Å². The maximum atomic E-state index is 13.0. The van der Waals surface area contributed by atoms with Crippen LogP contribution in [0.1, 0.15) is 35.2 Å². The van der Waals surface area contributed by atoms with Crippen LogP contribution < -0.4 is 0 Å². The first-order chi connectivity index (χ1) is 13.0. The molecule has 0 aliphatic carbocycles. The summed E-state index contributed by atoms with van der Waals surface area (Å²) in [6.07, 6.45) is 2.42. The van der Waals surface area contributed by atoms with E-state index >= 15 is 0 Å². The maximum Gasteiger partial charge on any atom is 0.156 e. The molecule has 4 rings (SSSR count). The van der Waals surface area contributed by atoms with Crippen LogP contribution in [0, 0.1) is 19.7 Å². The molecule has 5 nitrogen and oxygen atoms in total. The van der Waals surface area contributed by atoms with Gasteiger partial charge in [-0.1, -0.05) is 18.2 Å². The number of nitrogens with zero attached hydrogens (tertiary/aromatic N) is 4. The zero-order chi connectivity index (χ0) is 19.0. The third-order valence-corrected chi connectivity index (χ3v) is 5.04. The Morgan fingerprint density at radius 2 is 1.96 bits per heavy atom. The molecule has 1 aromatic carbocycles. The summed E-state index contributed by atoms with van der Waals surface area (Å²) in [5, 5.41) is 15.1. The van der Waals surface area contributed by atoms with Crippen LogP contribution in [0.2, 0.25) is 0 Å². The number of benzene rings is 1. The Labute approximate surface area is 157 Å². The molecule has 0 saturated heterocycles. The fourth-order valence-electron chi connectivity index (χ4n) is 3.59. The molecule has 2 aromatic heterocycles. The molecular formula is C21H23FN4O. The van der Waals surface area contributed by atoms with Gasteiger partial charge in [-0.05, 0) is 49.6 Å². The first-order valence-corrected chi connectivity index (χ1v) is 9.19. The number of hydrogen-bond acceptors (Lipinski definition) is 4. The topological polar surface area (TPSA) is 53.7 Å². The lowest BCUT2D eigenvalue weighted by atomic mass is 10.0. The van der Waals surface area contributed by atoms with E-state index in [0.717, 1.165) is 47.8 Å². The van der Waals surface area contributed by atoms with Crippen molar-refractivity contribution in [3.8, 4) is 0 Å². The van der Waals surface area contributed by atoms with E-state index in [4.69, 9.17) is 5.10 Å². The SMILES string of the molecule is Cc1cc(C)n2nc(C3=CCN(CC(O)c4ccc(F)cc4)CC3)cc2n1. The maximum absolute atomic E-state index is 13.0. The van der Waals surface area contributed by atoms with Crippen molar-refractivity contribution < 1.29 is 9.50 Å². The highest BCUT2D eigenvalue weighted by molar-refractivity contribution is 5.67. The average Bonchev–Trinajstić information content (AvgIpc) is 3.07. The quantitative estimate of drug-likeness (QED) is 0.770. The second-order valence-electron chi connectivity index (χ2n) is 7.14. The molecule has 1 aliphatic heterocycles. The van der Waals surface area contributed by atoms with Gasteiger partial charge in [0, 0.05) is 37.1 Å². The molecule has 1 unspecified atom stereocenters. The lowest BCUT2D eigenvalue weighted by Gasteiger charge is -2.28. The van der Waals surface area contributed by atoms with Crippen molar-refractivity contribution in [2.75, 3.05) is 19.6 Å². The van der Waals surface area contributed by atoms with E-state index in [1.807, 2.05) is 30.5 Å². The Morgan fingerprint density at radius 1 is 1.19 bits per heavy atom. The molecule has 6 heteroatoms. The molecule has 3 aromatic rings. The van der Waals surface area contributed by atoms with Gasteiger partial charge in [-0.3, -0.25) is 4.90 Å². The minimum Gasteiger partial charge on any atom is -0.387 e. The van der Waals surface area contributed by atoms with Crippen molar-refractivity contribution in [2.45, 2.75) is 26.4 Å². The average molecular weight is 366 g/mol. The number of β-amino-alcohol motifs (C(OH)–C–C–N with tert-alkyl or cyclic N) is 1. The van der Waals surface area contributed by atoms with Crippen LogP contribution in [-0.4, -0.2) is 44.2 Å². The summed E-state index contributed by atoms with van der Waals surface area (Å²) in [7, 11) is 0. The predicted octanol–water partition coefficient (Wildman–Crippen LogP) is 3.31. The molecule has 0 spiro atoms. The van der Waals surface area contributed by atoms with Crippen LogP contribution in [0.15, 0.2) is 42.5 Å². The molecule has 0 bridgehead atoms. The van der Waals surface area contributed by atoms with Crippen LogP contribution in [-0.2, 0) is 0 Å². The number of rotatable bonds is 4. The fourth-order valence-corrected chi connectivity index (χ4v) is 3.59. The van der Waals surface area contributed by atoms with Gasteiger partial charge in [-0.15, -0.1) is 0 Å². The highest BCUT2D eigenvalue weighted by Gasteiger charge is 2.19. The Bertz CT molecular complexity index is 993. The Balaban J connectivity index is 1.45. The summed E-state index contributed by atoms with van der Waals surface area (Å²) in [4.78, 5) is 6.74. The summed E-state index contributed by atoms with van der Waals surface area (Å²) in [5.41, 5.74) is 5.86. The molecule has 1 atom stereocenters. The van der Waals surface area contributed by atoms with Crippen molar-refractivity contribution in [1.82, 2.24) is 19.5 Å². The second kappa shape index (κ2) is 7.21. The van der Waals surface area contributed by atoms with Crippen molar-refractivity contribution in [1.29, 1.82) is 0 Å². The largest absolute Gasteiger partial charge is 0.387 e. The zero-order valence-corrected chi connectivity index (χ0v) is 15.6. The van der Waals surface area contributed by atoms with Crippen LogP contribution in [0.5, 0.6) is 0 Å². The zero-order valence-electron chi connectivity index (χ0n) is 15.6. The van der Waals surface area contributed by atoms with E-state index in [9.17, 15) is 9.50 Å². The minimum atomic E-state index is -0.620. The van der Waals surface area contributed by atoms with E-state index in [0.29, 0.717) is 6.54 Å². The van der Waals surface area contributed by atoms with Crippen LogP contribution in [0.25, 0.3) is 11.2 Å². The molecule has 140 valence electrons. The van der Waals surface area contributed by atoms with E-state index in [1.165, 1.54) is 17.7 Å². The first kappa shape index (κ1) is 17.8. The number of aliphatic hydroxyl groups is 1. The molecule has 0 radical (unpaired) electrons. The molecule has 0 amide bonds. The summed E-state index contributed by atoms with van der Waals surface area (Å²) >= 11 is 0. The molecule has 27 heavy (non-hydrogen) atoms. The van der Waals surface area contributed by atoms with Gasteiger partial charge < -0.3 is 5.11 Å². The second-order valence-corrected chi connectivity index (χ2v) is 7.14. The third kappa shape index (κ3) is 3.77. The lowest BCUT2D eigenvalue weighted by molar-refractivity contribution is 0.119. The lowest BCUT2D eigenvalue weighted by Crippen LogP contribution is -2.32. The van der Waals surface area contributed by atoms with Crippen LogP contribution >= 0.6 is 0 Å². The number of aromatic nitrogens is 3. The van der Waals surface area contributed by atoms with Crippen molar-refractivity contribution >= 4 is 11.2 Å². The molecule has 1 aliphatic rings. The van der Waals surface area contributed by atoms with E-state index in [1.54, 1.807) is 12.1 Å². The monoisotopic (exact) mass is 366 g/mol. The molecular weight excluding hydrogens is 343 g/mol. The van der Waals surface area contributed by atoms with E-state index in [2.05, 4.69) is 16.0 Å². The number of fused-ring (bicyclic) bond motifs is 1. The molecule has 0 saturated carbocycles. The first-order valence-electron chi connectivity index (χ1n) is 9.19. The Morgan fingerprint density at radius 3 is 2.67 bits per heavy atom. The van der Waals surface area contributed by atoms with Gasteiger partial charge in [0.25, 0.3) is 0 Å². The summed E-state index contributed by atoms with van der Waals surface area (Å²) in [5.74, 6) is -0.288. The van der Waals surface area contributed by atoms with Gasteiger partial charge in [0.2, 0.25) is 0 Å². The van der Waals surface area contributed by atoms with Gasteiger partial charge in [0.15, 0.2) is 5.65 Å². The highest BCUT2D eigenvalue weighted by Crippen LogP contribution is 2.24. The minimum absolute atomic E-state index is 0.288. The van der Waals surface area contributed by atoms with Crippen molar-refractivity contribution in [3.05, 3.63) is 70.9 Å². The predicted molar refractivity (Wildman–Crippen MR) is 103 cm³/mol. The number of hydrogen-bond donors (Lipinski definition) is 1. The summed E-state index contributed by atoms with van der Waals surface area (Å²) < 4.78 is 14.9. The number of aliphatic hydroxyl groups excluding tert-OH is 1. The van der Waals surface area contributed by atoms with Crippen LogP contribution in [0.3, 0.4) is 0 Å². The van der Waals surface area contributed by atoms with Crippen molar-refractivity contribution in [3.63, 3.8) is 0 Å². The van der Waals surface area contributed by atoms with Crippen molar-refractivity contribution in [2.24, 2.45) is 0 Å². The van der Waals surface area contributed by atoms with E-state index < -0.39 is 6.10 Å². The summed E-state index contributed by atoms with van der Waals surface area (Å²) in [6.45, 7) is 6.16. The van der Waals surface area contributed by atoms with Gasteiger partial charge in [-0.25, -0.2) is 13.9 Å². The Kier molecular flexibility index (Phi) is 4.76. The van der Waals surface area contributed by atoms with Gasteiger partial charge >= 0.3 is 0 Å². The fraction of sp³-hybridized carbons (Fsp3) is 0.333. The highest BCUT2D eigenvalue weighted by atomic mass is 19.1. The van der Waals surface area contributed by atoms with Gasteiger partial charge in [-0.2, -0.15) is 5.10 Å². The van der Waals surface area contributed by atoms with Gasteiger partial charge in [0.1, 0.15) is 5.82 Å². The Hall–Kier alpha value is -2.57. The van der Waals surface area contributed by atoms with Crippen LogP contribution in [0.4, 0.5) is 4.39 Å². The molecule has 3 heterocycles. The van der Waals surface area contributed by atoms with Gasteiger partial charge in [0.05, 0.1) is 11.8 Å². The number of halogens is 1.